The number of rotatable bonds is 4. The van der Waals surface area contributed by atoms with Gasteiger partial charge in [0.05, 0.1) is 6.10 Å². The Balaban J connectivity index is 2.10. The summed E-state index contributed by atoms with van der Waals surface area (Å²) in [6.07, 6.45) is 3.98. The SMILES string of the molecule is CCN(CC1CCCO1)c1ncc(Br)cc1F. The van der Waals surface area contributed by atoms with E-state index in [1.807, 2.05) is 11.8 Å². The number of nitrogens with zero attached hydrogens (tertiary/aromatic N) is 2. The number of pyridine rings is 1. The van der Waals surface area contributed by atoms with E-state index >= 15 is 0 Å². The predicted octanol–water partition coefficient (Wildman–Crippen LogP) is 2.99. The zero-order valence-corrected chi connectivity index (χ0v) is 11.4. The highest BCUT2D eigenvalue weighted by molar-refractivity contribution is 9.10. The Bertz CT molecular complexity index is 383. The van der Waals surface area contributed by atoms with E-state index in [0.29, 0.717) is 16.8 Å². The Kier molecular flexibility index (Phi) is 4.34. The van der Waals surface area contributed by atoms with Crippen LogP contribution in [-0.2, 0) is 4.74 Å². The molecule has 1 saturated heterocycles. The average molecular weight is 303 g/mol. The lowest BCUT2D eigenvalue weighted by Gasteiger charge is -2.25. The lowest BCUT2D eigenvalue weighted by molar-refractivity contribution is 0.115. The summed E-state index contributed by atoms with van der Waals surface area (Å²) in [5.41, 5.74) is 0. The van der Waals surface area contributed by atoms with Crippen LogP contribution in [0.15, 0.2) is 16.7 Å². The van der Waals surface area contributed by atoms with Crippen LogP contribution in [0.1, 0.15) is 19.8 Å². The number of hydrogen-bond donors (Lipinski definition) is 0. The van der Waals surface area contributed by atoms with Gasteiger partial charge in [0.15, 0.2) is 11.6 Å². The number of anilines is 1. The molecule has 0 saturated carbocycles. The van der Waals surface area contributed by atoms with Crippen molar-refractivity contribution in [1.29, 1.82) is 0 Å². The van der Waals surface area contributed by atoms with Gasteiger partial charge in [-0.25, -0.2) is 9.37 Å². The number of likely N-dealkylation sites (N-methyl/N-ethyl adjacent to an activating group) is 1. The van der Waals surface area contributed by atoms with Crippen molar-refractivity contribution in [2.75, 3.05) is 24.6 Å². The largest absolute Gasteiger partial charge is 0.376 e. The van der Waals surface area contributed by atoms with Crippen molar-refractivity contribution in [3.05, 3.63) is 22.6 Å². The van der Waals surface area contributed by atoms with Gasteiger partial charge in [0, 0.05) is 30.4 Å². The normalized spacial score (nSPS) is 19.6. The third-order valence-electron chi connectivity index (χ3n) is 2.92. The van der Waals surface area contributed by atoms with Crippen LogP contribution in [0.25, 0.3) is 0 Å². The molecule has 1 atom stereocenters. The molecule has 0 N–H and O–H groups in total. The molecule has 0 bridgehead atoms. The van der Waals surface area contributed by atoms with Crippen LogP contribution in [0, 0.1) is 5.82 Å². The van der Waals surface area contributed by atoms with Crippen molar-refractivity contribution in [2.24, 2.45) is 0 Å². The molecule has 94 valence electrons. The number of ether oxygens (including phenoxy) is 1. The van der Waals surface area contributed by atoms with Crippen molar-refractivity contribution in [2.45, 2.75) is 25.9 Å². The van der Waals surface area contributed by atoms with Gasteiger partial charge < -0.3 is 9.64 Å². The fourth-order valence-corrected chi connectivity index (χ4v) is 2.34. The first-order valence-corrected chi connectivity index (χ1v) is 6.67. The third-order valence-corrected chi connectivity index (χ3v) is 3.35. The summed E-state index contributed by atoms with van der Waals surface area (Å²) in [5, 5.41) is 0. The zero-order valence-electron chi connectivity index (χ0n) is 9.83. The Morgan fingerprint density at radius 1 is 1.65 bits per heavy atom. The molecule has 1 fully saturated rings. The van der Waals surface area contributed by atoms with Crippen molar-refractivity contribution >= 4 is 21.7 Å². The molecule has 0 aromatic carbocycles. The second-order valence-corrected chi connectivity index (χ2v) is 5.05. The maximum Gasteiger partial charge on any atom is 0.166 e. The van der Waals surface area contributed by atoms with Gasteiger partial charge in [-0.2, -0.15) is 0 Å². The van der Waals surface area contributed by atoms with E-state index in [1.165, 1.54) is 6.07 Å². The van der Waals surface area contributed by atoms with E-state index < -0.39 is 0 Å². The summed E-state index contributed by atoms with van der Waals surface area (Å²) in [7, 11) is 0. The van der Waals surface area contributed by atoms with Gasteiger partial charge in [-0.3, -0.25) is 0 Å². The molecule has 1 aliphatic rings. The van der Waals surface area contributed by atoms with Crippen LogP contribution < -0.4 is 4.90 Å². The molecule has 2 rings (SSSR count). The monoisotopic (exact) mass is 302 g/mol. The summed E-state index contributed by atoms with van der Waals surface area (Å²) in [5.74, 6) is 0.116. The Labute approximate surface area is 109 Å². The van der Waals surface area contributed by atoms with Crippen LogP contribution in [0.2, 0.25) is 0 Å². The lowest BCUT2D eigenvalue weighted by atomic mass is 10.2. The third kappa shape index (κ3) is 3.16. The Hall–Kier alpha value is -0.680. The fraction of sp³-hybridized carbons (Fsp3) is 0.583. The standard InChI is InChI=1S/C12H16BrFN2O/c1-2-16(8-10-4-3-5-17-10)12-11(14)6-9(13)7-15-12/h6-7,10H,2-5,8H2,1H3. The van der Waals surface area contributed by atoms with Crippen molar-refractivity contribution < 1.29 is 9.13 Å². The molecule has 5 heteroatoms. The molecule has 1 aromatic heterocycles. The molecule has 0 amide bonds. The Morgan fingerprint density at radius 3 is 3.06 bits per heavy atom. The second kappa shape index (κ2) is 5.78. The smallest absolute Gasteiger partial charge is 0.166 e. The van der Waals surface area contributed by atoms with E-state index in [4.69, 9.17) is 4.74 Å². The van der Waals surface area contributed by atoms with Gasteiger partial charge in [0.2, 0.25) is 0 Å². The first-order valence-electron chi connectivity index (χ1n) is 5.88. The van der Waals surface area contributed by atoms with E-state index in [9.17, 15) is 4.39 Å². The summed E-state index contributed by atoms with van der Waals surface area (Å²) >= 11 is 3.21. The van der Waals surface area contributed by atoms with Gasteiger partial charge in [-0.1, -0.05) is 0 Å². The van der Waals surface area contributed by atoms with Gasteiger partial charge >= 0.3 is 0 Å². The number of aromatic nitrogens is 1. The molecule has 1 unspecified atom stereocenters. The zero-order chi connectivity index (χ0) is 12.3. The van der Waals surface area contributed by atoms with E-state index in [2.05, 4.69) is 20.9 Å². The highest BCUT2D eigenvalue weighted by atomic mass is 79.9. The lowest BCUT2D eigenvalue weighted by Crippen LogP contribution is -2.33. The summed E-state index contributed by atoms with van der Waals surface area (Å²) < 4.78 is 20.0. The molecular weight excluding hydrogens is 287 g/mol. The molecular formula is C12H16BrFN2O. The molecule has 0 aliphatic carbocycles. The first kappa shape index (κ1) is 12.8. The van der Waals surface area contributed by atoms with Crippen LogP contribution in [0.3, 0.4) is 0 Å². The van der Waals surface area contributed by atoms with Gasteiger partial charge in [-0.15, -0.1) is 0 Å². The van der Waals surface area contributed by atoms with E-state index in [-0.39, 0.29) is 11.9 Å². The van der Waals surface area contributed by atoms with Crippen LogP contribution in [0.4, 0.5) is 10.2 Å². The van der Waals surface area contributed by atoms with Crippen LogP contribution >= 0.6 is 15.9 Å². The van der Waals surface area contributed by atoms with Crippen LogP contribution in [-0.4, -0.2) is 30.8 Å². The fourth-order valence-electron chi connectivity index (χ4n) is 2.04. The van der Waals surface area contributed by atoms with Gasteiger partial charge in [-0.05, 0) is 41.8 Å². The van der Waals surface area contributed by atoms with Crippen molar-refractivity contribution in [3.8, 4) is 0 Å². The quantitative estimate of drug-likeness (QED) is 0.855. The maximum atomic E-state index is 13.8. The number of hydrogen-bond acceptors (Lipinski definition) is 3. The minimum Gasteiger partial charge on any atom is -0.376 e. The highest BCUT2D eigenvalue weighted by Gasteiger charge is 2.21. The highest BCUT2D eigenvalue weighted by Crippen LogP contribution is 2.22. The first-order chi connectivity index (χ1) is 8.20. The molecule has 2 heterocycles. The topological polar surface area (TPSA) is 25.4 Å². The summed E-state index contributed by atoms with van der Waals surface area (Å²) in [6.45, 7) is 4.25. The minimum atomic E-state index is -0.292. The predicted molar refractivity (Wildman–Crippen MR) is 68.8 cm³/mol. The van der Waals surface area contributed by atoms with E-state index in [1.54, 1.807) is 6.20 Å². The van der Waals surface area contributed by atoms with Crippen LogP contribution in [0.5, 0.6) is 0 Å². The molecule has 3 nitrogen and oxygen atoms in total. The molecule has 0 radical (unpaired) electrons. The Morgan fingerprint density at radius 2 is 2.47 bits per heavy atom. The minimum absolute atomic E-state index is 0.208. The summed E-state index contributed by atoms with van der Waals surface area (Å²) in [4.78, 5) is 6.07. The van der Waals surface area contributed by atoms with Crippen molar-refractivity contribution in [1.82, 2.24) is 4.98 Å². The second-order valence-electron chi connectivity index (χ2n) is 4.13. The number of halogens is 2. The molecule has 17 heavy (non-hydrogen) atoms. The maximum absolute atomic E-state index is 13.8. The molecule has 1 aliphatic heterocycles. The van der Waals surface area contributed by atoms with Gasteiger partial charge in [0.1, 0.15) is 0 Å². The van der Waals surface area contributed by atoms with E-state index in [0.717, 1.165) is 26.0 Å². The average Bonchev–Trinajstić information content (AvgIpc) is 2.79. The molecule has 1 aromatic rings. The van der Waals surface area contributed by atoms with Crippen molar-refractivity contribution in [3.63, 3.8) is 0 Å². The molecule has 0 spiro atoms. The van der Waals surface area contributed by atoms with Gasteiger partial charge in [0.25, 0.3) is 0 Å². The summed E-state index contributed by atoms with van der Waals surface area (Å²) in [6, 6.07) is 1.44.